The molecule has 0 bridgehead atoms. The lowest BCUT2D eigenvalue weighted by Crippen LogP contribution is -2.29. The van der Waals surface area contributed by atoms with Crippen LogP contribution >= 0.6 is 7.82 Å². The summed E-state index contributed by atoms with van der Waals surface area (Å²) in [4.78, 5) is 34.8. The lowest BCUT2D eigenvalue weighted by molar-refractivity contribution is -0.161. The van der Waals surface area contributed by atoms with Gasteiger partial charge in [-0.25, -0.2) is 4.57 Å². The largest absolute Gasteiger partial charge is 0.472 e. The molecule has 0 saturated heterocycles. The molecule has 310 valence electrons. The summed E-state index contributed by atoms with van der Waals surface area (Å²) in [5.74, 6) is -0.966. The topological polar surface area (TPSA) is 134 Å². The molecule has 10 heteroatoms. The first-order valence-corrected chi connectivity index (χ1v) is 21.9. The van der Waals surface area contributed by atoms with E-state index in [4.69, 9.17) is 24.3 Å². The number of ether oxygens (including phenoxy) is 2. The zero-order valence-electron chi connectivity index (χ0n) is 33.9. The molecule has 0 aromatic heterocycles. The van der Waals surface area contributed by atoms with Crippen LogP contribution in [0.5, 0.6) is 0 Å². The van der Waals surface area contributed by atoms with Crippen LogP contribution in [0.4, 0.5) is 0 Å². The fourth-order valence-electron chi connectivity index (χ4n) is 4.74. The minimum atomic E-state index is -4.41. The molecular weight excluding hydrogens is 713 g/mol. The lowest BCUT2D eigenvalue weighted by atomic mass is 10.1. The highest BCUT2D eigenvalue weighted by Gasteiger charge is 2.25. The molecule has 0 spiro atoms. The third kappa shape index (κ3) is 40.2. The number of nitrogens with two attached hydrogens (primary N) is 1. The van der Waals surface area contributed by atoms with Crippen molar-refractivity contribution in [3.8, 4) is 0 Å². The summed E-state index contributed by atoms with van der Waals surface area (Å²) in [5, 5.41) is 0. The van der Waals surface area contributed by atoms with E-state index >= 15 is 0 Å². The molecule has 0 fully saturated rings. The standard InChI is InChI=1S/C45H72NO8P/c1-3-5-7-9-11-13-15-17-19-20-21-22-24-26-28-30-32-34-36-38-45(48)54-43(42-53-55(49,50)52-40-39-46)41-51-44(47)37-35-33-31-29-27-25-23-18-16-14-12-10-8-6-4-2/h6,8,10-14,16-19,21-23,26,28,32,34,43H,3-5,7,9,15,20,24-25,27,29-31,33,35-42,46H2,1-2H3,(H,49,50)/b8-6+,12-10+,13-11+,16-14+,19-17+,22-21+,23-18+,28-26+,34-32+/t43-/m1/s1. The fraction of sp³-hybridized carbons (Fsp3) is 0.556. The summed E-state index contributed by atoms with van der Waals surface area (Å²) >= 11 is 0. The Labute approximate surface area is 333 Å². The van der Waals surface area contributed by atoms with Gasteiger partial charge in [-0.15, -0.1) is 0 Å². The molecule has 0 saturated carbocycles. The van der Waals surface area contributed by atoms with E-state index < -0.39 is 32.5 Å². The smallest absolute Gasteiger partial charge is 0.462 e. The molecule has 3 N–H and O–H groups in total. The fourth-order valence-corrected chi connectivity index (χ4v) is 5.51. The van der Waals surface area contributed by atoms with Crippen molar-refractivity contribution in [3.05, 3.63) is 109 Å². The first-order valence-electron chi connectivity index (χ1n) is 20.4. The van der Waals surface area contributed by atoms with Gasteiger partial charge in [-0.05, 0) is 70.6 Å². The Bertz CT molecular complexity index is 1260. The first kappa shape index (κ1) is 51.7. The predicted molar refractivity (Wildman–Crippen MR) is 228 cm³/mol. The molecule has 0 aromatic rings. The predicted octanol–water partition coefficient (Wildman–Crippen LogP) is 11.6. The van der Waals surface area contributed by atoms with Gasteiger partial charge in [0, 0.05) is 19.4 Å². The Morgan fingerprint density at radius 3 is 1.73 bits per heavy atom. The van der Waals surface area contributed by atoms with Gasteiger partial charge in [-0.3, -0.25) is 18.6 Å². The van der Waals surface area contributed by atoms with Gasteiger partial charge in [0.2, 0.25) is 0 Å². The van der Waals surface area contributed by atoms with Crippen LogP contribution in [-0.2, 0) is 32.7 Å². The molecule has 0 aliphatic rings. The maximum absolute atomic E-state index is 12.5. The Hall–Kier alpha value is -3.33. The van der Waals surface area contributed by atoms with Gasteiger partial charge < -0.3 is 20.1 Å². The molecular formula is C45H72NO8P. The van der Waals surface area contributed by atoms with E-state index in [0.717, 1.165) is 64.2 Å². The lowest BCUT2D eigenvalue weighted by Gasteiger charge is -2.19. The molecule has 0 heterocycles. The van der Waals surface area contributed by atoms with Crippen LogP contribution in [0.3, 0.4) is 0 Å². The van der Waals surface area contributed by atoms with Gasteiger partial charge in [0.15, 0.2) is 6.10 Å². The third-order valence-corrected chi connectivity index (χ3v) is 8.73. The van der Waals surface area contributed by atoms with Crippen LogP contribution in [0.2, 0.25) is 0 Å². The van der Waals surface area contributed by atoms with E-state index in [1.54, 1.807) is 0 Å². The van der Waals surface area contributed by atoms with Gasteiger partial charge in [-0.1, -0.05) is 155 Å². The van der Waals surface area contributed by atoms with Crippen molar-refractivity contribution >= 4 is 19.8 Å². The second-order valence-corrected chi connectivity index (χ2v) is 14.3. The van der Waals surface area contributed by atoms with Crippen LogP contribution in [0.15, 0.2) is 109 Å². The van der Waals surface area contributed by atoms with Gasteiger partial charge >= 0.3 is 19.8 Å². The number of esters is 2. The van der Waals surface area contributed by atoms with E-state index in [2.05, 4.69) is 80.7 Å². The van der Waals surface area contributed by atoms with Crippen LogP contribution in [-0.4, -0.2) is 49.3 Å². The molecule has 0 aromatic carbocycles. The maximum Gasteiger partial charge on any atom is 0.472 e. The van der Waals surface area contributed by atoms with Gasteiger partial charge in [0.25, 0.3) is 0 Å². The number of hydrogen-bond donors (Lipinski definition) is 2. The summed E-state index contributed by atoms with van der Waals surface area (Å²) in [6.07, 6.45) is 52.7. The number of carbonyl (C=O) groups excluding carboxylic acids is 2. The normalized spacial score (nSPS) is 14.5. The second kappa shape index (κ2) is 40.3. The summed E-state index contributed by atoms with van der Waals surface area (Å²) < 4.78 is 32.6. The molecule has 9 nitrogen and oxygen atoms in total. The summed E-state index contributed by atoms with van der Waals surface area (Å²) in [5.41, 5.74) is 5.33. The Morgan fingerprint density at radius 1 is 0.582 bits per heavy atom. The van der Waals surface area contributed by atoms with E-state index in [1.165, 1.54) is 25.7 Å². The number of phosphoric ester groups is 1. The number of rotatable bonds is 36. The highest BCUT2D eigenvalue weighted by molar-refractivity contribution is 7.47. The number of phosphoric acid groups is 1. The molecule has 55 heavy (non-hydrogen) atoms. The average molecular weight is 786 g/mol. The third-order valence-electron chi connectivity index (χ3n) is 7.75. The second-order valence-electron chi connectivity index (χ2n) is 12.9. The highest BCUT2D eigenvalue weighted by atomic mass is 31.2. The SMILES string of the molecule is CC/C=C/C=C/C=C/C=C/CCCCCCCC(=O)OC[C@H](COP(=O)(O)OCCN)OC(=O)CC/C=C/C/C=C/C/C=C/C/C=C/C/C=C/CCCCC. The summed E-state index contributed by atoms with van der Waals surface area (Å²) in [7, 11) is -4.41. The zero-order chi connectivity index (χ0) is 40.3. The molecule has 1 unspecified atom stereocenters. The summed E-state index contributed by atoms with van der Waals surface area (Å²) in [6.45, 7) is 3.41. The van der Waals surface area contributed by atoms with Crippen molar-refractivity contribution in [2.45, 2.75) is 136 Å². The van der Waals surface area contributed by atoms with Gasteiger partial charge in [0.1, 0.15) is 6.61 Å². The molecule has 0 aliphatic carbocycles. The first-order chi connectivity index (χ1) is 26.8. The molecule has 0 aliphatic heterocycles. The van der Waals surface area contributed by atoms with Crippen LogP contribution < -0.4 is 5.73 Å². The van der Waals surface area contributed by atoms with E-state index in [-0.39, 0.29) is 32.6 Å². The maximum atomic E-state index is 12.5. The number of unbranched alkanes of at least 4 members (excludes halogenated alkanes) is 8. The number of hydrogen-bond acceptors (Lipinski definition) is 8. The molecule has 2 atom stereocenters. The Kier molecular flexibility index (Phi) is 37.9. The van der Waals surface area contributed by atoms with E-state index in [9.17, 15) is 19.0 Å². The van der Waals surface area contributed by atoms with Crippen molar-refractivity contribution in [2.24, 2.45) is 5.73 Å². The van der Waals surface area contributed by atoms with Crippen LogP contribution in [0.1, 0.15) is 129 Å². The van der Waals surface area contributed by atoms with Gasteiger partial charge in [0.05, 0.1) is 13.2 Å². The van der Waals surface area contributed by atoms with Crippen LogP contribution in [0.25, 0.3) is 0 Å². The monoisotopic (exact) mass is 785 g/mol. The summed E-state index contributed by atoms with van der Waals surface area (Å²) in [6, 6.07) is 0. The quantitative estimate of drug-likeness (QED) is 0.0209. The number of allylic oxidation sites excluding steroid dienone is 18. The molecule has 0 radical (unpaired) electrons. The van der Waals surface area contributed by atoms with Gasteiger partial charge in [-0.2, -0.15) is 0 Å². The highest BCUT2D eigenvalue weighted by Crippen LogP contribution is 2.43. The van der Waals surface area contributed by atoms with Crippen LogP contribution in [0, 0.1) is 0 Å². The average Bonchev–Trinajstić information content (AvgIpc) is 3.17. The molecule has 0 amide bonds. The minimum Gasteiger partial charge on any atom is -0.462 e. The zero-order valence-corrected chi connectivity index (χ0v) is 34.7. The van der Waals surface area contributed by atoms with Crippen molar-refractivity contribution in [1.82, 2.24) is 0 Å². The Morgan fingerprint density at radius 2 is 1.11 bits per heavy atom. The minimum absolute atomic E-state index is 0.0319. The van der Waals surface area contributed by atoms with Crippen molar-refractivity contribution in [2.75, 3.05) is 26.4 Å². The van der Waals surface area contributed by atoms with Crippen molar-refractivity contribution in [1.29, 1.82) is 0 Å². The Balaban J connectivity index is 4.39. The van der Waals surface area contributed by atoms with Crippen molar-refractivity contribution in [3.63, 3.8) is 0 Å². The van der Waals surface area contributed by atoms with Crippen molar-refractivity contribution < 1.29 is 37.6 Å². The van der Waals surface area contributed by atoms with E-state index in [0.29, 0.717) is 12.8 Å². The van der Waals surface area contributed by atoms with E-state index in [1.807, 2.05) is 42.5 Å². The number of carbonyl (C=O) groups is 2. The molecule has 0 rings (SSSR count).